The Balaban J connectivity index is 3.03. The van der Waals surface area contributed by atoms with Crippen molar-refractivity contribution in [2.45, 2.75) is 13.3 Å². The molecule has 0 radical (unpaired) electrons. The number of hydrogen-bond donors (Lipinski definition) is 0. The van der Waals surface area contributed by atoms with Crippen molar-refractivity contribution in [3.05, 3.63) is 12.0 Å². The summed E-state index contributed by atoms with van der Waals surface area (Å²) in [5, 5.41) is 1.74. The molecule has 0 saturated carbocycles. The third-order valence-corrected chi connectivity index (χ3v) is 1.51. The summed E-state index contributed by atoms with van der Waals surface area (Å²) in [6.45, 7) is 5.79. The maximum atomic E-state index is 10.5. The molecule has 0 heterocycles. The van der Waals surface area contributed by atoms with Crippen molar-refractivity contribution >= 4 is 17.7 Å². The van der Waals surface area contributed by atoms with Gasteiger partial charge < -0.3 is 4.74 Å². The average molecular weight is 160 g/mol. The number of carbonyl (C=O) groups is 1. The summed E-state index contributed by atoms with van der Waals surface area (Å²) < 4.78 is 4.79. The smallest absolute Gasteiger partial charge is 0.305 e. The Kier molecular flexibility index (Phi) is 6.38. The largest absolute Gasteiger partial charge is 0.465 e. The molecule has 0 aromatic rings. The van der Waals surface area contributed by atoms with Crippen molar-refractivity contribution in [2.24, 2.45) is 0 Å². The minimum absolute atomic E-state index is 0.135. The van der Waals surface area contributed by atoms with Gasteiger partial charge in [-0.15, -0.1) is 11.8 Å². The van der Waals surface area contributed by atoms with Crippen LogP contribution in [-0.4, -0.2) is 18.3 Å². The molecule has 10 heavy (non-hydrogen) atoms. The Labute approximate surface area is 65.6 Å². The van der Waals surface area contributed by atoms with Crippen molar-refractivity contribution in [3.8, 4) is 0 Å². The molecule has 58 valence electrons. The van der Waals surface area contributed by atoms with Gasteiger partial charge in [-0.3, -0.25) is 4.79 Å². The van der Waals surface area contributed by atoms with E-state index < -0.39 is 0 Å². The zero-order valence-electron chi connectivity index (χ0n) is 6.13. The van der Waals surface area contributed by atoms with E-state index >= 15 is 0 Å². The highest BCUT2D eigenvalue weighted by Crippen LogP contribution is 1.98. The van der Waals surface area contributed by atoms with Crippen LogP contribution < -0.4 is 0 Å². The molecule has 0 rings (SSSR count). The van der Waals surface area contributed by atoms with E-state index in [1.807, 2.05) is 0 Å². The van der Waals surface area contributed by atoms with E-state index in [-0.39, 0.29) is 5.97 Å². The Morgan fingerprint density at radius 3 is 3.00 bits per heavy atom. The van der Waals surface area contributed by atoms with Crippen molar-refractivity contribution in [1.29, 1.82) is 0 Å². The van der Waals surface area contributed by atoms with E-state index in [1.54, 1.807) is 24.1 Å². The Hall–Kier alpha value is -0.440. The molecule has 0 aliphatic rings. The van der Waals surface area contributed by atoms with Gasteiger partial charge in [-0.2, -0.15) is 0 Å². The molecule has 0 N–H and O–H groups in total. The monoisotopic (exact) mass is 160 g/mol. The van der Waals surface area contributed by atoms with E-state index in [4.69, 9.17) is 4.74 Å². The summed E-state index contributed by atoms with van der Waals surface area (Å²) in [5.74, 6) is 0.666. The molecule has 3 heteroatoms. The van der Waals surface area contributed by atoms with Gasteiger partial charge in [-0.05, 0) is 5.41 Å². The van der Waals surface area contributed by atoms with E-state index in [9.17, 15) is 4.79 Å². The Morgan fingerprint density at radius 2 is 2.50 bits per heavy atom. The van der Waals surface area contributed by atoms with Crippen molar-refractivity contribution in [2.75, 3.05) is 12.4 Å². The molecule has 0 unspecified atom stereocenters. The molecule has 0 saturated heterocycles. The second-order valence-electron chi connectivity index (χ2n) is 1.61. The van der Waals surface area contributed by atoms with Crippen LogP contribution in [0, 0.1) is 0 Å². The maximum absolute atomic E-state index is 10.5. The first-order valence-electron chi connectivity index (χ1n) is 3.19. The van der Waals surface area contributed by atoms with Gasteiger partial charge in [0.05, 0.1) is 0 Å². The summed E-state index contributed by atoms with van der Waals surface area (Å²) in [5.41, 5.74) is 0. The van der Waals surface area contributed by atoms with Crippen molar-refractivity contribution < 1.29 is 9.53 Å². The summed E-state index contributed by atoms with van der Waals surface area (Å²) >= 11 is 1.55. The third-order valence-electron chi connectivity index (χ3n) is 0.871. The molecule has 2 nitrogen and oxygen atoms in total. The quantitative estimate of drug-likeness (QED) is 0.453. The van der Waals surface area contributed by atoms with Crippen LogP contribution in [0.1, 0.15) is 13.3 Å². The average Bonchev–Trinajstić information content (AvgIpc) is 1.98. The predicted molar refractivity (Wildman–Crippen MR) is 43.9 cm³/mol. The van der Waals surface area contributed by atoms with Crippen LogP contribution in [0.4, 0.5) is 0 Å². The molecular formula is C7H12O2S. The number of carbonyl (C=O) groups excluding carboxylic acids is 1. The lowest BCUT2D eigenvalue weighted by molar-refractivity contribution is -0.142. The van der Waals surface area contributed by atoms with Crippen LogP contribution in [0.15, 0.2) is 12.0 Å². The molecule has 0 atom stereocenters. The second-order valence-corrected chi connectivity index (χ2v) is 2.69. The highest BCUT2D eigenvalue weighted by atomic mass is 32.2. The molecule has 0 aliphatic carbocycles. The number of ether oxygens (including phenoxy) is 1. The van der Waals surface area contributed by atoms with Crippen LogP contribution in [0.25, 0.3) is 0 Å². The van der Waals surface area contributed by atoms with E-state index in [0.717, 1.165) is 5.75 Å². The maximum Gasteiger partial charge on any atom is 0.305 e. The van der Waals surface area contributed by atoms with Crippen molar-refractivity contribution in [3.63, 3.8) is 0 Å². The first kappa shape index (κ1) is 9.56. The summed E-state index contributed by atoms with van der Waals surface area (Å²) in [7, 11) is 0. The zero-order valence-corrected chi connectivity index (χ0v) is 6.95. The van der Waals surface area contributed by atoms with Gasteiger partial charge in [0.2, 0.25) is 0 Å². The van der Waals surface area contributed by atoms with E-state index in [1.165, 1.54) is 0 Å². The summed E-state index contributed by atoms with van der Waals surface area (Å²) in [6.07, 6.45) is 0.457. The fourth-order valence-corrected chi connectivity index (χ4v) is 0.735. The molecule has 0 bridgehead atoms. The molecule has 0 spiro atoms. The summed E-state index contributed by atoms with van der Waals surface area (Å²) in [6, 6.07) is 0. The molecule has 0 aliphatic heterocycles. The third kappa shape index (κ3) is 5.69. The van der Waals surface area contributed by atoms with Gasteiger partial charge in [0.15, 0.2) is 0 Å². The number of hydrogen-bond acceptors (Lipinski definition) is 3. The normalized spacial score (nSPS) is 8.90. The minimum Gasteiger partial charge on any atom is -0.465 e. The molecule has 0 amide bonds. The standard InChI is InChI=1S/C7H12O2S/c1-3-7(8)9-5-6-10-4-2/h4H,2-3,5-6H2,1H3. The molecule has 0 fully saturated rings. The van der Waals surface area contributed by atoms with Gasteiger partial charge in [-0.1, -0.05) is 13.5 Å². The molecule has 0 aromatic heterocycles. The predicted octanol–water partition coefficient (Wildman–Crippen LogP) is 1.82. The van der Waals surface area contributed by atoms with Crippen LogP contribution >= 0.6 is 11.8 Å². The van der Waals surface area contributed by atoms with Crippen LogP contribution in [0.3, 0.4) is 0 Å². The van der Waals surface area contributed by atoms with Crippen LogP contribution in [-0.2, 0) is 9.53 Å². The number of rotatable bonds is 5. The Morgan fingerprint density at radius 1 is 1.80 bits per heavy atom. The van der Waals surface area contributed by atoms with Crippen molar-refractivity contribution in [1.82, 2.24) is 0 Å². The van der Waals surface area contributed by atoms with Gasteiger partial charge in [0, 0.05) is 12.2 Å². The van der Waals surface area contributed by atoms with Gasteiger partial charge >= 0.3 is 5.97 Å². The second kappa shape index (κ2) is 6.68. The fourth-order valence-electron chi connectivity index (χ4n) is 0.389. The van der Waals surface area contributed by atoms with Gasteiger partial charge in [0.1, 0.15) is 6.61 Å². The lowest BCUT2D eigenvalue weighted by Gasteiger charge is -1.99. The van der Waals surface area contributed by atoms with E-state index in [0.29, 0.717) is 13.0 Å². The Bertz CT molecular complexity index is 112. The summed E-state index contributed by atoms with van der Waals surface area (Å²) in [4.78, 5) is 10.5. The number of thioether (sulfide) groups is 1. The lowest BCUT2D eigenvalue weighted by atomic mass is 10.5. The molecular weight excluding hydrogens is 148 g/mol. The molecule has 0 aromatic carbocycles. The number of esters is 1. The van der Waals surface area contributed by atoms with E-state index in [2.05, 4.69) is 6.58 Å². The lowest BCUT2D eigenvalue weighted by Crippen LogP contribution is -2.04. The van der Waals surface area contributed by atoms with Crippen LogP contribution in [0.2, 0.25) is 0 Å². The fraction of sp³-hybridized carbons (Fsp3) is 0.571. The topological polar surface area (TPSA) is 26.3 Å². The highest BCUT2D eigenvalue weighted by Gasteiger charge is 1.95. The first-order chi connectivity index (χ1) is 4.81. The van der Waals surface area contributed by atoms with Gasteiger partial charge in [-0.25, -0.2) is 0 Å². The van der Waals surface area contributed by atoms with Gasteiger partial charge in [0.25, 0.3) is 0 Å². The highest BCUT2D eigenvalue weighted by molar-refractivity contribution is 8.02. The SMILES string of the molecule is C=CSCCOC(=O)CC. The zero-order chi connectivity index (χ0) is 7.82. The first-order valence-corrected chi connectivity index (χ1v) is 4.24. The van der Waals surface area contributed by atoms with Crippen LogP contribution in [0.5, 0.6) is 0 Å². The minimum atomic E-state index is -0.135.